The van der Waals surface area contributed by atoms with Gasteiger partial charge in [0.25, 0.3) is 0 Å². The third-order valence-electron chi connectivity index (χ3n) is 3.77. The fraction of sp³-hybridized carbons (Fsp3) is 0.150. The summed E-state index contributed by atoms with van der Waals surface area (Å²) in [6, 6.07) is 15.4. The number of rotatable bonds is 5. The molecule has 0 saturated carbocycles. The molecule has 0 spiro atoms. The number of nitrogens with zero attached hydrogens (tertiary/aromatic N) is 1. The second-order valence-electron chi connectivity index (χ2n) is 6.06. The summed E-state index contributed by atoms with van der Waals surface area (Å²) in [5.41, 5.74) is 3.99. The number of hydrogen-bond acceptors (Lipinski definition) is 3. The van der Waals surface area contributed by atoms with Crippen molar-refractivity contribution in [3.05, 3.63) is 75.9 Å². The van der Waals surface area contributed by atoms with E-state index in [-0.39, 0.29) is 26.3 Å². The van der Waals surface area contributed by atoms with E-state index in [4.69, 9.17) is 0 Å². The summed E-state index contributed by atoms with van der Waals surface area (Å²) in [6.07, 6.45) is 1.82. The number of aryl methyl sites for hydroxylation is 2. The van der Waals surface area contributed by atoms with Gasteiger partial charge < -0.3 is 0 Å². The maximum absolute atomic E-state index is 12.3. The molecule has 1 heterocycles. The maximum atomic E-state index is 12.3. The average Bonchev–Trinajstić information content (AvgIpc) is 3.07. The van der Waals surface area contributed by atoms with Crippen LogP contribution < -0.4 is 10.6 Å². The Kier molecular flexibility index (Phi) is 5.66. The molecule has 3 rings (SSSR count). The molecular formula is C20H19N3O2Se. The van der Waals surface area contributed by atoms with E-state index >= 15 is 0 Å². The molecule has 0 aliphatic rings. The molecule has 0 fully saturated rings. The second kappa shape index (κ2) is 8.13. The van der Waals surface area contributed by atoms with E-state index in [0.29, 0.717) is 15.5 Å². The third kappa shape index (κ3) is 4.91. The molecule has 1 aromatic heterocycles. The number of amides is 2. The van der Waals surface area contributed by atoms with Crippen LogP contribution in [-0.2, 0) is 11.2 Å². The SMILES string of the molecule is Cc1ccc(CC(=O)Nc2ncc(C(=O)Nc3ccc(C)cc3)[se]2)cc1. The van der Waals surface area contributed by atoms with Crippen molar-refractivity contribution < 1.29 is 9.59 Å². The predicted octanol–water partition coefficient (Wildman–Crippen LogP) is 3.19. The van der Waals surface area contributed by atoms with Crippen molar-refractivity contribution in [3.8, 4) is 0 Å². The van der Waals surface area contributed by atoms with Crippen molar-refractivity contribution in [3.63, 3.8) is 0 Å². The second-order valence-corrected chi connectivity index (χ2v) is 8.22. The Hall–Kier alpha value is -2.69. The zero-order valence-corrected chi connectivity index (χ0v) is 16.3. The van der Waals surface area contributed by atoms with E-state index < -0.39 is 0 Å². The van der Waals surface area contributed by atoms with Crippen LogP contribution in [0.2, 0.25) is 0 Å². The van der Waals surface area contributed by atoms with Crippen LogP contribution in [0.3, 0.4) is 0 Å². The van der Waals surface area contributed by atoms with Gasteiger partial charge in [0.1, 0.15) is 0 Å². The van der Waals surface area contributed by atoms with Gasteiger partial charge in [-0.25, -0.2) is 0 Å². The van der Waals surface area contributed by atoms with Crippen LogP contribution in [0.25, 0.3) is 0 Å². The molecule has 0 aliphatic carbocycles. The van der Waals surface area contributed by atoms with Crippen LogP contribution in [-0.4, -0.2) is 31.3 Å². The average molecular weight is 412 g/mol. The first-order valence-electron chi connectivity index (χ1n) is 8.19. The number of anilines is 2. The minimum atomic E-state index is -0.308. The fourth-order valence-corrected chi connectivity index (χ4v) is 3.85. The van der Waals surface area contributed by atoms with Gasteiger partial charge in [-0.2, -0.15) is 0 Å². The van der Waals surface area contributed by atoms with E-state index in [1.807, 2.05) is 62.4 Å². The molecule has 26 heavy (non-hydrogen) atoms. The topological polar surface area (TPSA) is 71.1 Å². The molecule has 3 aromatic rings. The van der Waals surface area contributed by atoms with Gasteiger partial charge in [0.15, 0.2) is 0 Å². The van der Waals surface area contributed by atoms with Gasteiger partial charge in [-0.05, 0) is 0 Å². The van der Waals surface area contributed by atoms with Gasteiger partial charge in [0.2, 0.25) is 0 Å². The molecule has 2 N–H and O–H groups in total. The Morgan fingerprint density at radius 1 is 0.923 bits per heavy atom. The fourth-order valence-electron chi connectivity index (χ4n) is 2.32. The van der Waals surface area contributed by atoms with Crippen LogP contribution >= 0.6 is 0 Å². The molecule has 0 saturated heterocycles. The summed E-state index contributed by atoms with van der Waals surface area (Å²) in [5.74, 6) is -0.302. The molecule has 5 nitrogen and oxygen atoms in total. The quantitative estimate of drug-likeness (QED) is 0.633. The van der Waals surface area contributed by atoms with Gasteiger partial charge in [-0.1, -0.05) is 0 Å². The molecule has 2 amide bonds. The predicted molar refractivity (Wildman–Crippen MR) is 104 cm³/mol. The molecule has 0 unspecified atom stereocenters. The number of carbonyl (C=O) groups is 2. The van der Waals surface area contributed by atoms with Crippen LogP contribution in [0.4, 0.5) is 10.4 Å². The summed E-state index contributed by atoms with van der Waals surface area (Å²) in [6.45, 7) is 4.00. The van der Waals surface area contributed by atoms with Crippen molar-refractivity contribution in [2.24, 2.45) is 0 Å². The van der Waals surface area contributed by atoms with Crippen molar-refractivity contribution in [2.45, 2.75) is 20.3 Å². The van der Waals surface area contributed by atoms with Gasteiger partial charge in [0, 0.05) is 0 Å². The number of nitrogens with one attached hydrogen (secondary N) is 2. The van der Waals surface area contributed by atoms with Gasteiger partial charge in [-0.3, -0.25) is 0 Å². The van der Waals surface area contributed by atoms with Crippen molar-refractivity contribution in [1.82, 2.24) is 4.98 Å². The van der Waals surface area contributed by atoms with Gasteiger partial charge in [0.05, 0.1) is 0 Å². The number of benzene rings is 2. The molecule has 0 bridgehead atoms. The zero-order chi connectivity index (χ0) is 18.5. The summed E-state index contributed by atoms with van der Waals surface area (Å²) in [4.78, 5) is 28.6. The number of hydrogen-bond donors (Lipinski definition) is 2. The Morgan fingerprint density at radius 3 is 2.19 bits per heavy atom. The van der Waals surface area contributed by atoms with Crippen molar-refractivity contribution >= 4 is 36.7 Å². The Labute approximate surface area is 158 Å². The monoisotopic (exact) mass is 413 g/mol. The Bertz CT molecular complexity index is 915. The number of carbonyl (C=O) groups excluding carboxylic acids is 2. The molecule has 2 aromatic carbocycles. The first-order chi connectivity index (χ1) is 12.5. The summed E-state index contributed by atoms with van der Waals surface area (Å²) in [5, 5.41) is 5.66. The minimum absolute atomic E-state index is 0.122. The summed E-state index contributed by atoms with van der Waals surface area (Å²) >= 11 is -0.308. The van der Waals surface area contributed by atoms with Crippen LogP contribution in [0.5, 0.6) is 0 Å². The van der Waals surface area contributed by atoms with E-state index in [0.717, 1.165) is 22.4 Å². The van der Waals surface area contributed by atoms with Gasteiger partial charge >= 0.3 is 158 Å². The molecule has 0 atom stereocenters. The third-order valence-corrected chi connectivity index (χ3v) is 5.68. The van der Waals surface area contributed by atoms with Crippen LogP contribution in [0.1, 0.15) is 25.9 Å². The molecule has 6 heteroatoms. The Balaban J connectivity index is 1.58. The van der Waals surface area contributed by atoms with Crippen LogP contribution in [0, 0.1) is 13.8 Å². The van der Waals surface area contributed by atoms with E-state index in [1.165, 1.54) is 6.20 Å². The van der Waals surface area contributed by atoms with E-state index in [9.17, 15) is 9.59 Å². The Morgan fingerprint density at radius 2 is 1.54 bits per heavy atom. The summed E-state index contributed by atoms with van der Waals surface area (Å²) in [7, 11) is 0. The van der Waals surface area contributed by atoms with Crippen LogP contribution in [0.15, 0.2) is 54.7 Å². The molecule has 0 radical (unpaired) electrons. The normalized spacial score (nSPS) is 10.4. The molecule has 132 valence electrons. The number of aromatic nitrogens is 1. The van der Waals surface area contributed by atoms with E-state index in [1.54, 1.807) is 0 Å². The van der Waals surface area contributed by atoms with Crippen molar-refractivity contribution in [1.29, 1.82) is 0 Å². The molecule has 0 aliphatic heterocycles. The van der Waals surface area contributed by atoms with Gasteiger partial charge in [-0.15, -0.1) is 0 Å². The first kappa shape index (κ1) is 18.1. The first-order valence-corrected chi connectivity index (χ1v) is 9.90. The van der Waals surface area contributed by atoms with E-state index in [2.05, 4.69) is 15.6 Å². The molecular weight excluding hydrogens is 393 g/mol. The zero-order valence-electron chi connectivity index (χ0n) is 14.6. The van der Waals surface area contributed by atoms with Crippen molar-refractivity contribution in [2.75, 3.05) is 10.6 Å². The summed E-state index contributed by atoms with van der Waals surface area (Å²) < 4.78 is 1.15. The standard InChI is InChI=1S/C20H19N3O2Se/c1-13-3-7-15(8-4-13)11-18(24)23-20-21-12-17(26-20)19(25)22-16-9-5-14(2)6-10-16/h3-10,12H,11H2,1-2H3,(H,22,25)(H,21,23,24).